The fraction of sp³-hybridized carbons (Fsp3) is 0.400. The second kappa shape index (κ2) is 5.16. The molecule has 3 nitrogen and oxygen atoms in total. The van der Waals surface area contributed by atoms with Crippen molar-refractivity contribution < 1.29 is 23.4 Å². The van der Waals surface area contributed by atoms with Gasteiger partial charge in [0.25, 0.3) is 0 Å². The molecule has 0 saturated carbocycles. The molecule has 84 valence electrons. The highest BCUT2D eigenvalue weighted by Crippen LogP contribution is 2.23. The molecule has 1 unspecified atom stereocenters. The molecule has 0 spiro atoms. The zero-order valence-electron chi connectivity index (χ0n) is 8.41. The average Bonchev–Trinajstić information content (AvgIpc) is 2.23. The van der Waals surface area contributed by atoms with Crippen molar-refractivity contribution in [1.82, 2.24) is 0 Å². The Kier molecular flexibility index (Phi) is 4.14. The van der Waals surface area contributed by atoms with Gasteiger partial charge in [0.05, 0.1) is 0 Å². The Hall–Kier alpha value is -1.04. The number of hydrogen-bond donors (Lipinski definition) is 1. The van der Waals surface area contributed by atoms with Gasteiger partial charge in [-0.05, 0) is 6.07 Å². The molecule has 1 aromatic carbocycles. The van der Waals surface area contributed by atoms with E-state index in [1.54, 1.807) is 0 Å². The van der Waals surface area contributed by atoms with Gasteiger partial charge in [-0.2, -0.15) is 0 Å². The molecule has 0 aromatic heterocycles. The Morgan fingerprint density at radius 1 is 1.20 bits per heavy atom. The van der Waals surface area contributed by atoms with Gasteiger partial charge in [0.15, 0.2) is 17.9 Å². The maximum Gasteiger partial charge on any atom is 0.187 e. The van der Waals surface area contributed by atoms with Crippen LogP contribution in [0.5, 0.6) is 0 Å². The van der Waals surface area contributed by atoms with Gasteiger partial charge in [-0.3, -0.25) is 0 Å². The number of aliphatic hydroxyl groups excluding tert-OH is 1. The molecule has 0 aliphatic rings. The summed E-state index contributed by atoms with van der Waals surface area (Å²) in [5.41, 5.74) is -0.191. The highest BCUT2D eigenvalue weighted by molar-refractivity contribution is 5.21. The van der Waals surface area contributed by atoms with Crippen LogP contribution in [0.25, 0.3) is 0 Å². The van der Waals surface area contributed by atoms with Crippen molar-refractivity contribution >= 4 is 0 Å². The number of ether oxygens (including phenoxy) is 2. The van der Waals surface area contributed by atoms with Crippen molar-refractivity contribution in [2.24, 2.45) is 0 Å². The summed E-state index contributed by atoms with van der Waals surface area (Å²) in [6.07, 6.45) is -2.39. The van der Waals surface area contributed by atoms with Crippen molar-refractivity contribution in [3.8, 4) is 0 Å². The Bertz CT molecular complexity index is 326. The number of benzene rings is 1. The summed E-state index contributed by atoms with van der Waals surface area (Å²) in [4.78, 5) is 0. The average molecular weight is 218 g/mol. The lowest BCUT2D eigenvalue weighted by Gasteiger charge is -2.20. The molecule has 0 fully saturated rings. The van der Waals surface area contributed by atoms with Crippen LogP contribution in [-0.4, -0.2) is 25.6 Å². The van der Waals surface area contributed by atoms with Crippen LogP contribution in [0.2, 0.25) is 0 Å². The van der Waals surface area contributed by atoms with E-state index >= 15 is 0 Å². The quantitative estimate of drug-likeness (QED) is 0.780. The molecule has 0 aliphatic carbocycles. The smallest absolute Gasteiger partial charge is 0.187 e. The van der Waals surface area contributed by atoms with Crippen LogP contribution in [-0.2, 0) is 9.47 Å². The summed E-state index contributed by atoms with van der Waals surface area (Å²) < 4.78 is 35.6. The molecule has 15 heavy (non-hydrogen) atoms. The molecule has 0 amide bonds. The topological polar surface area (TPSA) is 38.7 Å². The summed E-state index contributed by atoms with van der Waals surface area (Å²) in [5.74, 6) is -2.11. The molecule has 5 heteroatoms. The van der Waals surface area contributed by atoms with E-state index in [9.17, 15) is 13.9 Å². The van der Waals surface area contributed by atoms with Crippen LogP contribution in [0.4, 0.5) is 8.78 Å². The summed E-state index contributed by atoms with van der Waals surface area (Å²) >= 11 is 0. The normalized spacial score (nSPS) is 13.2. The van der Waals surface area contributed by atoms with E-state index in [-0.39, 0.29) is 5.56 Å². The predicted octanol–water partition coefficient (Wildman–Crippen LogP) is 1.62. The van der Waals surface area contributed by atoms with Crippen LogP contribution >= 0.6 is 0 Å². The van der Waals surface area contributed by atoms with Crippen LogP contribution in [0.3, 0.4) is 0 Å². The number of hydrogen-bond acceptors (Lipinski definition) is 3. The van der Waals surface area contributed by atoms with Crippen LogP contribution in [0.15, 0.2) is 18.2 Å². The molecule has 0 heterocycles. The fourth-order valence-corrected chi connectivity index (χ4v) is 1.25. The molecule has 1 atom stereocenters. The lowest BCUT2D eigenvalue weighted by atomic mass is 10.1. The zero-order valence-corrected chi connectivity index (χ0v) is 8.41. The van der Waals surface area contributed by atoms with Gasteiger partial charge in [-0.25, -0.2) is 8.78 Å². The van der Waals surface area contributed by atoms with Gasteiger partial charge in [-0.1, -0.05) is 12.1 Å². The molecule has 0 radical (unpaired) electrons. The SMILES string of the molecule is COC(OC)C(O)c1cccc(F)c1F. The van der Waals surface area contributed by atoms with Crippen molar-refractivity contribution in [2.75, 3.05) is 14.2 Å². The first-order valence-corrected chi connectivity index (χ1v) is 4.29. The van der Waals surface area contributed by atoms with Crippen molar-refractivity contribution in [3.05, 3.63) is 35.4 Å². The van der Waals surface area contributed by atoms with Gasteiger partial charge >= 0.3 is 0 Å². The maximum absolute atomic E-state index is 13.2. The molecule has 1 rings (SSSR count). The first-order chi connectivity index (χ1) is 7.11. The Morgan fingerprint density at radius 2 is 1.80 bits per heavy atom. The second-order valence-electron chi connectivity index (χ2n) is 2.93. The molecule has 0 aliphatic heterocycles. The largest absolute Gasteiger partial charge is 0.383 e. The van der Waals surface area contributed by atoms with Gasteiger partial charge in [0.2, 0.25) is 0 Å². The first-order valence-electron chi connectivity index (χ1n) is 4.29. The first kappa shape index (κ1) is 12.0. The Labute approximate surface area is 86.2 Å². The van der Waals surface area contributed by atoms with E-state index in [1.807, 2.05) is 0 Å². The standard InChI is InChI=1S/C10H12F2O3/c1-14-10(15-2)9(13)6-4-3-5-7(11)8(6)12/h3-5,9-10,13H,1-2H3. The van der Waals surface area contributed by atoms with Crippen LogP contribution in [0, 0.1) is 11.6 Å². The molecule has 1 aromatic rings. The fourth-order valence-electron chi connectivity index (χ4n) is 1.25. The highest BCUT2D eigenvalue weighted by atomic mass is 19.2. The van der Waals surface area contributed by atoms with Crippen LogP contribution < -0.4 is 0 Å². The second-order valence-corrected chi connectivity index (χ2v) is 2.93. The number of halogens is 2. The van der Waals surface area contributed by atoms with E-state index in [2.05, 4.69) is 0 Å². The summed E-state index contributed by atoms with van der Waals surface area (Å²) in [6, 6.07) is 3.55. The third-order valence-electron chi connectivity index (χ3n) is 2.02. The lowest BCUT2D eigenvalue weighted by molar-refractivity contribution is -0.167. The van der Waals surface area contributed by atoms with Crippen molar-refractivity contribution in [1.29, 1.82) is 0 Å². The van der Waals surface area contributed by atoms with E-state index in [1.165, 1.54) is 26.4 Å². The number of methoxy groups -OCH3 is 2. The highest BCUT2D eigenvalue weighted by Gasteiger charge is 2.24. The molecule has 0 saturated heterocycles. The number of aliphatic hydroxyl groups is 1. The lowest BCUT2D eigenvalue weighted by Crippen LogP contribution is -2.23. The zero-order chi connectivity index (χ0) is 11.4. The van der Waals surface area contributed by atoms with E-state index < -0.39 is 24.0 Å². The van der Waals surface area contributed by atoms with Gasteiger partial charge in [-0.15, -0.1) is 0 Å². The third-order valence-corrected chi connectivity index (χ3v) is 2.02. The van der Waals surface area contributed by atoms with E-state index in [0.717, 1.165) is 6.07 Å². The minimum Gasteiger partial charge on any atom is -0.383 e. The molecule has 0 bridgehead atoms. The summed E-state index contributed by atoms with van der Waals surface area (Å²) in [5, 5.41) is 9.63. The van der Waals surface area contributed by atoms with E-state index in [0.29, 0.717) is 0 Å². The third kappa shape index (κ3) is 2.50. The molecular weight excluding hydrogens is 206 g/mol. The maximum atomic E-state index is 13.2. The summed E-state index contributed by atoms with van der Waals surface area (Å²) in [6.45, 7) is 0. The summed E-state index contributed by atoms with van der Waals surface area (Å²) in [7, 11) is 2.60. The number of rotatable bonds is 4. The predicted molar refractivity (Wildman–Crippen MR) is 49.1 cm³/mol. The van der Waals surface area contributed by atoms with Gasteiger partial charge in [0.1, 0.15) is 6.10 Å². The van der Waals surface area contributed by atoms with Crippen molar-refractivity contribution in [3.63, 3.8) is 0 Å². The van der Waals surface area contributed by atoms with Gasteiger partial charge < -0.3 is 14.6 Å². The van der Waals surface area contributed by atoms with Gasteiger partial charge in [0, 0.05) is 19.8 Å². The minimum absolute atomic E-state index is 0.191. The molecular formula is C10H12F2O3. The molecule has 1 N–H and O–H groups in total. The Morgan fingerprint density at radius 3 is 2.33 bits per heavy atom. The monoisotopic (exact) mass is 218 g/mol. The van der Waals surface area contributed by atoms with Crippen LogP contribution in [0.1, 0.15) is 11.7 Å². The minimum atomic E-state index is -1.37. The Balaban J connectivity index is 2.99. The van der Waals surface area contributed by atoms with E-state index in [4.69, 9.17) is 9.47 Å². The van der Waals surface area contributed by atoms with Crippen molar-refractivity contribution in [2.45, 2.75) is 12.4 Å².